The lowest BCUT2D eigenvalue weighted by molar-refractivity contribution is 0.0917. The summed E-state index contributed by atoms with van der Waals surface area (Å²) in [5, 5.41) is 21.0. The van der Waals surface area contributed by atoms with Crippen molar-refractivity contribution in [3.05, 3.63) is 29.8 Å². The highest BCUT2D eigenvalue weighted by atomic mass is 16.4. The minimum absolute atomic E-state index is 0.103. The first-order chi connectivity index (χ1) is 9.06. The smallest absolute Gasteiger partial charge is 0.423 e. The van der Waals surface area contributed by atoms with E-state index in [0.717, 1.165) is 25.9 Å². The molecular weight excluding hydrogens is 243 g/mol. The van der Waals surface area contributed by atoms with Crippen molar-refractivity contribution in [2.75, 3.05) is 20.1 Å². The zero-order valence-electron chi connectivity index (χ0n) is 11.0. The number of amides is 1. The summed E-state index contributed by atoms with van der Waals surface area (Å²) in [5.74, 6) is -0.103. The number of piperidine rings is 1. The molecule has 0 radical (unpaired) electrons. The van der Waals surface area contributed by atoms with E-state index >= 15 is 0 Å². The summed E-state index contributed by atoms with van der Waals surface area (Å²) in [5.41, 5.74) is 0.930. The molecule has 102 valence electrons. The second-order valence-corrected chi connectivity index (χ2v) is 5.05. The molecule has 3 N–H and O–H groups in total. The Hall–Kier alpha value is -1.37. The van der Waals surface area contributed by atoms with E-state index in [9.17, 15) is 4.79 Å². The van der Waals surface area contributed by atoms with E-state index in [1.807, 2.05) is 0 Å². The molecule has 0 aliphatic carbocycles. The van der Waals surface area contributed by atoms with Crippen LogP contribution in [0.4, 0.5) is 0 Å². The van der Waals surface area contributed by atoms with Crippen LogP contribution in [0.15, 0.2) is 24.3 Å². The molecule has 1 amide bonds. The summed E-state index contributed by atoms with van der Waals surface area (Å²) >= 11 is 0. The van der Waals surface area contributed by atoms with E-state index < -0.39 is 7.12 Å². The van der Waals surface area contributed by atoms with Crippen molar-refractivity contribution in [3.8, 4) is 0 Å². The molecule has 0 bridgehead atoms. The van der Waals surface area contributed by atoms with Gasteiger partial charge in [0.15, 0.2) is 0 Å². The molecule has 1 aromatic carbocycles. The number of nitrogens with one attached hydrogen (secondary N) is 1. The molecule has 1 aliphatic heterocycles. The van der Waals surface area contributed by atoms with Crippen LogP contribution in [-0.4, -0.2) is 54.2 Å². The predicted molar refractivity (Wildman–Crippen MR) is 74.3 cm³/mol. The van der Waals surface area contributed by atoms with Crippen molar-refractivity contribution in [1.29, 1.82) is 0 Å². The predicted octanol–water partition coefficient (Wildman–Crippen LogP) is -0.810. The van der Waals surface area contributed by atoms with Crippen molar-refractivity contribution in [2.45, 2.75) is 18.9 Å². The molecule has 6 heteroatoms. The fourth-order valence-corrected chi connectivity index (χ4v) is 2.23. The van der Waals surface area contributed by atoms with Gasteiger partial charge in [-0.15, -0.1) is 0 Å². The maximum atomic E-state index is 12.0. The fourth-order valence-electron chi connectivity index (χ4n) is 2.23. The zero-order chi connectivity index (χ0) is 13.8. The van der Waals surface area contributed by atoms with Gasteiger partial charge in [-0.25, -0.2) is 0 Å². The van der Waals surface area contributed by atoms with Gasteiger partial charge in [0.2, 0.25) is 0 Å². The first kappa shape index (κ1) is 14.1. The highest BCUT2D eigenvalue weighted by molar-refractivity contribution is 6.58. The molecule has 0 aromatic heterocycles. The summed E-state index contributed by atoms with van der Waals surface area (Å²) in [7, 11) is 0.586. The van der Waals surface area contributed by atoms with E-state index in [0.29, 0.717) is 11.0 Å². The van der Waals surface area contributed by atoms with Gasteiger partial charge < -0.3 is 20.3 Å². The summed E-state index contributed by atoms with van der Waals surface area (Å²) in [6.45, 7) is 2.00. The van der Waals surface area contributed by atoms with Crippen LogP contribution in [0.1, 0.15) is 23.2 Å². The van der Waals surface area contributed by atoms with Gasteiger partial charge in [-0.1, -0.05) is 12.1 Å². The molecule has 0 spiro atoms. The molecular formula is C13H19BN2O3. The number of benzene rings is 1. The van der Waals surface area contributed by atoms with Gasteiger partial charge in [0, 0.05) is 11.6 Å². The summed E-state index contributed by atoms with van der Waals surface area (Å²) in [6, 6.07) is 6.55. The molecule has 5 nitrogen and oxygen atoms in total. The molecule has 1 heterocycles. The van der Waals surface area contributed by atoms with Gasteiger partial charge in [-0.05, 0) is 50.6 Å². The van der Waals surface area contributed by atoms with Crippen molar-refractivity contribution >= 4 is 18.5 Å². The van der Waals surface area contributed by atoms with Crippen LogP contribution in [0.2, 0.25) is 0 Å². The van der Waals surface area contributed by atoms with Gasteiger partial charge in [-0.2, -0.15) is 0 Å². The largest absolute Gasteiger partial charge is 0.488 e. The summed E-state index contributed by atoms with van der Waals surface area (Å²) in [6.07, 6.45) is 1.94. The number of hydrogen-bond donors (Lipinski definition) is 3. The monoisotopic (exact) mass is 262 g/mol. The number of hydrogen-bond acceptors (Lipinski definition) is 4. The molecule has 2 rings (SSSR count). The van der Waals surface area contributed by atoms with Gasteiger partial charge in [0.25, 0.3) is 5.91 Å². The lowest BCUT2D eigenvalue weighted by Crippen LogP contribution is -2.43. The molecule has 1 aromatic rings. The lowest BCUT2D eigenvalue weighted by Gasteiger charge is -2.29. The average Bonchev–Trinajstić information content (AvgIpc) is 2.41. The van der Waals surface area contributed by atoms with Crippen LogP contribution < -0.4 is 10.8 Å². The second-order valence-electron chi connectivity index (χ2n) is 5.05. The van der Waals surface area contributed by atoms with Crippen LogP contribution in [0.5, 0.6) is 0 Å². The molecule has 0 unspecified atom stereocenters. The Balaban J connectivity index is 1.92. The maximum absolute atomic E-state index is 12.0. The Morgan fingerprint density at radius 1 is 1.26 bits per heavy atom. The minimum atomic E-state index is -1.49. The number of carbonyl (C=O) groups excluding carboxylic acids is 1. The molecule has 19 heavy (non-hydrogen) atoms. The van der Waals surface area contributed by atoms with Crippen LogP contribution in [0, 0.1) is 0 Å². The van der Waals surface area contributed by atoms with Crippen LogP contribution in [-0.2, 0) is 0 Å². The van der Waals surface area contributed by atoms with E-state index in [1.165, 1.54) is 0 Å². The number of likely N-dealkylation sites (tertiary alicyclic amines) is 1. The van der Waals surface area contributed by atoms with Crippen molar-refractivity contribution in [3.63, 3.8) is 0 Å². The van der Waals surface area contributed by atoms with Crippen molar-refractivity contribution < 1.29 is 14.8 Å². The Labute approximate surface area is 113 Å². The Kier molecular flexibility index (Phi) is 4.58. The number of carbonyl (C=O) groups is 1. The average molecular weight is 262 g/mol. The lowest BCUT2D eigenvalue weighted by atomic mass is 9.80. The topological polar surface area (TPSA) is 72.8 Å². The zero-order valence-corrected chi connectivity index (χ0v) is 11.0. The standard InChI is InChI=1S/C13H19BN2O3/c1-16-8-6-12(7-9-16)15-13(17)10-2-4-11(5-3-10)14(18)19/h2-5,12,18-19H,6-9H2,1H3,(H,15,17). The highest BCUT2D eigenvalue weighted by Crippen LogP contribution is 2.09. The van der Waals surface area contributed by atoms with Gasteiger partial charge in [0.05, 0.1) is 0 Å². The van der Waals surface area contributed by atoms with E-state index in [4.69, 9.17) is 10.0 Å². The van der Waals surface area contributed by atoms with Gasteiger partial charge in [-0.3, -0.25) is 4.79 Å². The van der Waals surface area contributed by atoms with E-state index in [1.54, 1.807) is 24.3 Å². The normalized spacial score (nSPS) is 17.2. The van der Waals surface area contributed by atoms with Crippen molar-refractivity contribution in [1.82, 2.24) is 10.2 Å². The molecule has 0 saturated carbocycles. The van der Waals surface area contributed by atoms with Crippen LogP contribution in [0.3, 0.4) is 0 Å². The van der Waals surface area contributed by atoms with Crippen LogP contribution in [0.25, 0.3) is 0 Å². The third kappa shape index (κ3) is 3.80. The third-order valence-corrected chi connectivity index (χ3v) is 3.52. The Morgan fingerprint density at radius 3 is 2.37 bits per heavy atom. The third-order valence-electron chi connectivity index (χ3n) is 3.52. The molecule has 1 saturated heterocycles. The molecule has 1 aliphatic rings. The van der Waals surface area contributed by atoms with Gasteiger partial charge in [0.1, 0.15) is 0 Å². The van der Waals surface area contributed by atoms with E-state index in [-0.39, 0.29) is 11.9 Å². The van der Waals surface area contributed by atoms with Crippen molar-refractivity contribution in [2.24, 2.45) is 0 Å². The first-order valence-electron chi connectivity index (χ1n) is 6.52. The Bertz CT molecular complexity index is 428. The minimum Gasteiger partial charge on any atom is -0.423 e. The second kappa shape index (κ2) is 6.19. The summed E-state index contributed by atoms with van der Waals surface area (Å²) < 4.78 is 0. The highest BCUT2D eigenvalue weighted by Gasteiger charge is 2.19. The number of nitrogens with zero attached hydrogens (tertiary/aromatic N) is 1. The summed E-state index contributed by atoms with van der Waals surface area (Å²) in [4.78, 5) is 14.3. The maximum Gasteiger partial charge on any atom is 0.488 e. The Morgan fingerprint density at radius 2 is 1.84 bits per heavy atom. The molecule has 1 fully saturated rings. The SMILES string of the molecule is CN1CCC(NC(=O)c2ccc(B(O)O)cc2)CC1. The fraction of sp³-hybridized carbons (Fsp3) is 0.462. The van der Waals surface area contributed by atoms with Gasteiger partial charge >= 0.3 is 7.12 Å². The quantitative estimate of drug-likeness (QED) is 0.623. The molecule has 0 atom stereocenters. The first-order valence-corrected chi connectivity index (χ1v) is 6.52. The van der Waals surface area contributed by atoms with Crippen LogP contribution >= 0.6 is 0 Å². The number of rotatable bonds is 3. The van der Waals surface area contributed by atoms with E-state index in [2.05, 4.69) is 17.3 Å².